The maximum Gasteiger partial charge on any atom is 0.261 e. The predicted molar refractivity (Wildman–Crippen MR) is 79.5 cm³/mol. The van der Waals surface area contributed by atoms with Crippen molar-refractivity contribution in [2.75, 3.05) is 0 Å². The number of aryl methyl sites for hydroxylation is 1. The molecule has 104 valence electrons. The summed E-state index contributed by atoms with van der Waals surface area (Å²) in [5, 5.41) is 2.70. The van der Waals surface area contributed by atoms with Crippen LogP contribution in [0.15, 0.2) is 39.9 Å². The van der Waals surface area contributed by atoms with Crippen molar-refractivity contribution in [1.82, 2.24) is 15.3 Å². The van der Waals surface area contributed by atoms with E-state index in [1.54, 1.807) is 24.5 Å². The lowest BCUT2D eigenvalue weighted by molar-refractivity contribution is 0.0949. The largest absolute Gasteiger partial charge is 0.348 e. The molecule has 0 spiro atoms. The van der Waals surface area contributed by atoms with E-state index in [-0.39, 0.29) is 11.1 Å². The van der Waals surface area contributed by atoms with Crippen molar-refractivity contribution in [3.8, 4) is 0 Å². The third-order valence-corrected chi connectivity index (χ3v) is 3.55. The van der Waals surface area contributed by atoms with Gasteiger partial charge < -0.3 is 10.3 Å². The maximum absolute atomic E-state index is 12.0. The van der Waals surface area contributed by atoms with E-state index in [0.29, 0.717) is 13.0 Å². The minimum atomic E-state index is -0.404. The molecule has 2 rings (SSSR count). The number of nitrogens with zero attached hydrogens (tertiary/aromatic N) is 1. The van der Waals surface area contributed by atoms with E-state index in [2.05, 4.69) is 31.2 Å². The van der Waals surface area contributed by atoms with Crippen molar-refractivity contribution >= 4 is 21.8 Å². The van der Waals surface area contributed by atoms with Crippen LogP contribution in [-0.2, 0) is 13.0 Å². The van der Waals surface area contributed by atoms with Crippen LogP contribution in [0.1, 0.15) is 28.5 Å². The smallest absolute Gasteiger partial charge is 0.261 e. The van der Waals surface area contributed by atoms with Crippen LogP contribution in [0.4, 0.5) is 0 Å². The molecule has 0 aliphatic carbocycles. The summed E-state index contributed by atoms with van der Waals surface area (Å²) in [5.74, 6) is -0.404. The van der Waals surface area contributed by atoms with Crippen molar-refractivity contribution in [2.45, 2.75) is 19.9 Å². The van der Waals surface area contributed by atoms with Gasteiger partial charge in [-0.25, -0.2) is 0 Å². The van der Waals surface area contributed by atoms with Gasteiger partial charge in [0.15, 0.2) is 0 Å². The number of nitrogens with one attached hydrogen (secondary N) is 2. The van der Waals surface area contributed by atoms with Crippen molar-refractivity contribution in [3.63, 3.8) is 0 Å². The quantitative estimate of drug-likeness (QED) is 0.897. The Balaban J connectivity index is 2.14. The van der Waals surface area contributed by atoms with Gasteiger partial charge in [-0.2, -0.15) is 0 Å². The summed E-state index contributed by atoms with van der Waals surface area (Å²) in [5.41, 5.74) is 1.37. The molecule has 0 aliphatic heterocycles. The van der Waals surface area contributed by atoms with Gasteiger partial charge in [0.05, 0.1) is 0 Å². The fourth-order valence-electron chi connectivity index (χ4n) is 1.75. The van der Waals surface area contributed by atoms with Crippen LogP contribution >= 0.6 is 15.9 Å². The highest BCUT2D eigenvalue weighted by atomic mass is 79.9. The highest BCUT2D eigenvalue weighted by molar-refractivity contribution is 9.10. The fourth-order valence-corrected chi connectivity index (χ4v) is 2.36. The minimum absolute atomic E-state index is 0.0953. The summed E-state index contributed by atoms with van der Waals surface area (Å²) in [6.45, 7) is 2.26. The number of halogens is 1. The number of hydrogen-bond acceptors (Lipinski definition) is 3. The number of hydrogen-bond donors (Lipinski definition) is 2. The van der Waals surface area contributed by atoms with E-state index >= 15 is 0 Å². The molecule has 0 fully saturated rings. The highest BCUT2D eigenvalue weighted by Gasteiger charge is 2.13. The Labute approximate surface area is 124 Å². The molecule has 0 radical (unpaired) electrons. The number of pyridine rings is 2. The minimum Gasteiger partial charge on any atom is -0.348 e. The summed E-state index contributed by atoms with van der Waals surface area (Å²) in [6.07, 6.45) is 4.02. The molecule has 0 saturated carbocycles. The summed E-state index contributed by atoms with van der Waals surface area (Å²) >= 11 is 3.35. The van der Waals surface area contributed by atoms with Crippen molar-refractivity contribution in [3.05, 3.63) is 62.2 Å². The first kappa shape index (κ1) is 14.5. The number of rotatable bonds is 4. The number of aromatic nitrogens is 2. The van der Waals surface area contributed by atoms with E-state index in [4.69, 9.17) is 0 Å². The molecular formula is C14H14BrN3O2. The van der Waals surface area contributed by atoms with E-state index in [0.717, 1.165) is 15.7 Å². The van der Waals surface area contributed by atoms with Gasteiger partial charge in [0, 0.05) is 29.1 Å². The number of amides is 1. The Morgan fingerprint density at radius 2 is 2.30 bits per heavy atom. The summed E-state index contributed by atoms with van der Waals surface area (Å²) in [7, 11) is 0. The average Bonchev–Trinajstić information content (AvgIpc) is 2.47. The number of aromatic amines is 1. The molecular weight excluding hydrogens is 322 g/mol. The predicted octanol–water partition coefficient (Wildman–Crippen LogP) is 2.02. The third kappa shape index (κ3) is 3.33. The first-order chi connectivity index (χ1) is 9.61. The molecule has 0 saturated heterocycles. The molecule has 2 N–H and O–H groups in total. The van der Waals surface area contributed by atoms with E-state index < -0.39 is 5.91 Å². The van der Waals surface area contributed by atoms with Crippen LogP contribution in [0.2, 0.25) is 0 Å². The Kier molecular flexibility index (Phi) is 4.68. The van der Waals surface area contributed by atoms with Crippen LogP contribution in [0.5, 0.6) is 0 Å². The Bertz CT molecular complexity index is 668. The van der Waals surface area contributed by atoms with Crippen molar-refractivity contribution in [1.29, 1.82) is 0 Å². The lowest BCUT2D eigenvalue weighted by Gasteiger charge is -2.07. The second-order valence-corrected chi connectivity index (χ2v) is 5.09. The molecule has 2 aromatic rings. The molecule has 0 bridgehead atoms. The zero-order valence-corrected chi connectivity index (χ0v) is 12.5. The van der Waals surface area contributed by atoms with Gasteiger partial charge in [-0.05, 0) is 40.0 Å². The second kappa shape index (κ2) is 6.47. The van der Waals surface area contributed by atoms with Crippen molar-refractivity contribution in [2.24, 2.45) is 0 Å². The second-order valence-electron chi connectivity index (χ2n) is 4.24. The number of carbonyl (C=O) groups is 1. The molecule has 6 heteroatoms. The number of carbonyl (C=O) groups excluding carboxylic acids is 1. The molecule has 2 heterocycles. The highest BCUT2D eigenvalue weighted by Crippen LogP contribution is 2.14. The molecule has 0 aromatic carbocycles. The van der Waals surface area contributed by atoms with Crippen LogP contribution in [0, 0.1) is 0 Å². The van der Waals surface area contributed by atoms with Gasteiger partial charge in [0.2, 0.25) is 0 Å². The van der Waals surface area contributed by atoms with E-state index in [1.165, 1.54) is 0 Å². The van der Waals surface area contributed by atoms with Gasteiger partial charge >= 0.3 is 0 Å². The third-order valence-electron chi connectivity index (χ3n) is 2.84. The van der Waals surface area contributed by atoms with Gasteiger partial charge in [0.1, 0.15) is 5.56 Å². The molecule has 2 aromatic heterocycles. The Hall–Kier alpha value is -1.95. The van der Waals surface area contributed by atoms with Gasteiger partial charge in [-0.3, -0.25) is 14.6 Å². The van der Waals surface area contributed by atoms with Crippen LogP contribution in [-0.4, -0.2) is 15.9 Å². The zero-order chi connectivity index (χ0) is 14.5. The summed E-state index contributed by atoms with van der Waals surface area (Å²) in [6, 6.07) is 5.20. The van der Waals surface area contributed by atoms with Gasteiger partial charge in [-0.1, -0.05) is 13.0 Å². The van der Waals surface area contributed by atoms with Crippen LogP contribution in [0.25, 0.3) is 0 Å². The average molecular weight is 336 g/mol. The van der Waals surface area contributed by atoms with Crippen LogP contribution in [0.3, 0.4) is 0 Å². The Morgan fingerprint density at radius 1 is 1.50 bits per heavy atom. The Morgan fingerprint density at radius 3 is 2.95 bits per heavy atom. The number of H-pyrrole nitrogens is 1. The standard InChI is InChI=1S/C14H14BrN3O2/c1-2-12-11(15)6-10(14(20)18-12)13(19)17-8-9-4-3-5-16-7-9/h3-7H,2,8H2,1H3,(H,17,19)(H,18,20). The van der Waals surface area contributed by atoms with Gasteiger partial charge in [-0.15, -0.1) is 0 Å². The molecule has 5 nitrogen and oxygen atoms in total. The van der Waals surface area contributed by atoms with Crippen molar-refractivity contribution < 1.29 is 4.79 Å². The fraction of sp³-hybridized carbons (Fsp3) is 0.214. The maximum atomic E-state index is 12.0. The normalized spacial score (nSPS) is 10.3. The zero-order valence-electron chi connectivity index (χ0n) is 10.9. The van der Waals surface area contributed by atoms with Gasteiger partial charge in [0.25, 0.3) is 11.5 Å². The molecule has 0 atom stereocenters. The lowest BCUT2D eigenvalue weighted by Crippen LogP contribution is -2.29. The molecule has 20 heavy (non-hydrogen) atoms. The van der Waals surface area contributed by atoms with Crippen LogP contribution < -0.4 is 10.9 Å². The first-order valence-electron chi connectivity index (χ1n) is 6.20. The monoisotopic (exact) mass is 335 g/mol. The molecule has 0 unspecified atom stereocenters. The van der Waals surface area contributed by atoms with E-state index in [9.17, 15) is 9.59 Å². The topological polar surface area (TPSA) is 74.8 Å². The summed E-state index contributed by atoms with van der Waals surface area (Å²) < 4.78 is 0.728. The lowest BCUT2D eigenvalue weighted by atomic mass is 10.2. The molecule has 0 aliphatic rings. The first-order valence-corrected chi connectivity index (χ1v) is 7.00. The SMILES string of the molecule is CCc1[nH]c(=O)c(C(=O)NCc2cccnc2)cc1Br. The molecule has 1 amide bonds. The summed E-state index contributed by atoms with van der Waals surface area (Å²) in [4.78, 5) is 30.5. The van der Waals surface area contributed by atoms with E-state index in [1.807, 2.05) is 13.0 Å².